The van der Waals surface area contributed by atoms with E-state index in [9.17, 15) is 0 Å². The monoisotopic (exact) mass is 221 g/mol. The lowest BCUT2D eigenvalue weighted by molar-refractivity contribution is 0.253. The van der Waals surface area contributed by atoms with Gasteiger partial charge in [0.1, 0.15) is 5.75 Å². The molecule has 0 heterocycles. The van der Waals surface area contributed by atoms with Gasteiger partial charge in [0.2, 0.25) is 0 Å². The highest BCUT2D eigenvalue weighted by molar-refractivity contribution is 5.35. The van der Waals surface area contributed by atoms with Crippen molar-refractivity contribution in [1.82, 2.24) is 0 Å². The number of hydrogen-bond acceptors (Lipinski definition) is 2. The van der Waals surface area contributed by atoms with Crippen LogP contribution in [0.25, 0.3) is 0 Å². The van der Waals surface area contributed by atoms with Gasteiger partial charge in [-0.3, -0.25) is 0 Å². The number of rotatable bonds is 6. The minimum atomic E-state index is 0.0770. The minimum Gasteiger partial charge on any atom is -0.493 e. The maximum absolute atomic E-state index is 6.05. The lowest BCUT2D eigenvalue weighted by Gasteiger charge is -2.17. The molecule has 0 radical (unpaired) electrons. The van der Waals surface area contributed by atoms with Gasteiger partial charge < -0.3 is 10.5 Å². The molecule has 2 atom stereocenters. The molecule has 0 fully saturated rings. The second-order valence-corrected chi connectivity index (χ2v) is 4.38. The Kier molecular flexibility index (Phi) is 5.33. The molecule has 0 aliphatic heterocycles. The Morgan fingerprint density at radius 1 is 1.19 bits per heavy atom. The summed E-state index contributed by atoms with van der Waals surface area (Å²) in [5.74, 6) is 1.53. The summed E-state index contributed by atoms with van der Waals surface area (Å²) in [6, 6.07) is 8.15. The van der Waals surface area contributed by atoms with Crippen molar-refractivity contribution in [2.45, 2.75) is 39.7 Å². The molecule has 16 heavy (non-hydrogen) atoms. The fourth-order valence-electron chi connectivity index (χ4n) is 1.49. The molecule has 0 saturated carbocycles. The van der Waals surface area contributed by atoms with E-state index in [0.29, 0.717) is 5.92 Å². The standard InChI is InChI=1S/C14H23NO/c1-4-11(3)10-16-14-9-7-6-8-12(14)13(15)5-2/h6-9,11,13H,4-5,10,15H2,1-3H3. The van der Waals surface area contributed by atoms with E-state index in [2.05, 4.69) is 26.8 Å². The molecule has 1 rings (SSSR count). The summed E-state index contributed by atoms with van der Waals surface area (Å²) in [5, 5.41) is 0. The number of benzene rings is 1. The predicted molar refractivity (Wildman–Crippen MR) is 68.6 cm³/mol. The van der Waals surface area contributed by atoms with Gasteiger partial charge in [0.15, 0.2) is 0 Å². The van der Waals surface area contributed by atoms with Crippen LogP contribution in [0.5, 0.6) is 5.75 Å². The van der Waals surface area contributed by atoms with Gasteiger partial charge in [-0.2, -0.15) is 0 Å². The maximum atomic E-state index is 6.05. The van der Waals surface area contributed by atoms with Crippen LogP contribution in [-0.4, -0.2) is 6.61 Å². The second-order valence-electron chi connectivity index (χ2n) is 4.38. The van der Waals surface area contributed by atoms with Crippen molar-refractivity contribution in [2.75, 3.05) is 6.61 Å². The third-order valence-corrected chi connectivity index (χ3v) is 2.98. The quantitative estimate of drug-likeness (QED) is 0.797. The van der Waals surface area contributed by atoms with E-state index in [1.165, 1.54) is 0 Å². The van der Waals surface area contributed by atoms with E-state index in [1.807, 2.05) is 18.2 Å². The number of hydrogen-bond donors (Lipinski definition) is 1. The van der Waals surface area contributed by atoms with E-state index in [-0.39, 0.29) is 6.04 Å². The van der Waals surface area contributed by atoms with Gasteiger partial charge in [-0.25, -0.2) is 0 Å². The summed E-state index contributed by atoms with van der Waals surface area (Å²) in [6.45, 7) is 7.24. The van der Waals surface area contributed by atoms with Crippen molar-refractivity contribution in [3.63, 3.8) is 0 Å². The van der Waals surface area contributed by atoms with Crippen LogP contribution >= 0.6 is 0 Å². The minimum absolute atomic E-state index is 0.0770. The molecule has 0 bridgehead atoms. The Labute approximate surface area is 98.8 Å². The highest BCUT2D eigenvalue weighted by Crippen LogP contribution is 2.25. The lowest BCUT2D eigenvalue weighted by Crippen LogP contribution is -2.13. The molecule has 2 nitrogen and oxygen atoms in total. The molecular weight excluding hydrogens is 198 g/mol. The molecule has 0 amide bonds. The van der Waals surface area contributed by atoms with Crippen molar-refractivity contribution in [1.29, 1.82) is 0 Å². The number of nitrogens with two attached hydrogens (primary N) is 1. The zero-order valence-electron chi connectivity index (χ0n) is 10.6. The van der Waals surface area contributed by atoms with Crippen LogP contribution in [0.2, 0.25) is 0 Å². The molecule has 2 heteroatoms. The van der Waals surface area contributed by atoms with Gasteiger partial charge in [0.05, 0.1) is 6.61 Å². The Morgan fingerprint density at radius 3 is 2.50 bits per heavy atom. The Hall–Kier alpha value is -1.02. The summed E-state index contributed by atoms with van der Waals surface area (Å²) in [6.07, 6.45) is 2.08. The molecule has 0 spiro atoms. The Balaban J connectivity index is 2.71. The van der Waals surface area contributed by atoms with Crippen LogP contribution in [0.3, 0.4) is 0 Å². The smallest absolute Gasteiger partial charge is 0.124 e. The number of ether oxygens (including phenoxy) is 1. The third-order valence-electron chi connectivity index (χ3n) is 2.98. The van der Waals surface area contributed by atoms with E-state index < -0.39 is 0 Å². The summed E-state index contributed by atoms with van der Waals surface area (Å²) >= 11 is 0. The van der Waals surface area contributed by atoms with Crippen LogP contribution in [0.15, 0.2) is 24.3 Å². The average molecular weight is 221 g/mol. The molecule has 0 saturated heterocycles. The van der Waals surface area contributed by atoms with E-state index in [1.54, 1.807) is 0 Å². The fraction of sp³-hybridized carbons (Fsp3) is 0.571. The summed E-state index contributed by atoms with van der Waals surface area (Å²) in [7, 11) is 0. The molecule has 90 valence electrons. The van der Waals surface area contributed by atoms with Crippen LogP contribution < -0.4 is 10.5 Å². The van der Waals surface area contributed by atoms with Crippen LogP contribution in [0.1, 0.15) is 45.2 Å². The average Bonchev–Trinajstić information content (AvgIpc) is 2.35. The Bertz CT molecular complexity index is 311. The molecule has 0 aliphatic rings. The van der Waals surface area contributed by atoms with Crippen molar-refractivity contribution < 1.29 is 4.74 Å². The van der Waals surface area contributed by atoms with Crippen molar-refractivity contribution in [3.05, 3.63) is 29.8 Å². The summed E-state index contributed by atoms with van der Waals surface area (Å²) < 4.78 is 5.83. The number of para-hydroxylation sites is 1. The predicted octanol–water partition coefficient (Wildman–Crippen LogP) is 3.52. The highest BCUT2D eigenvalue weighted by Gasteiger charge is 2.10. The van der Waals surface area contributed by atoms with Gasteiger partial charge in [0, 0.05) is 11.6 Å². The van der Waals surface area contributed by atoms with Crippen molar-refractivity contribution >= 4 is 0 Å². The topological polar surface area (TPSA) is 35.2 Å². The zero-order valence-corrected chi connectivity index (χ0v) is 10.6. The Morgan fingerprint density at radius 2 is 1.88 bits per heavy atom. The summed E-state index contributed by atoms with van der Waals surface area (Å²) in [5.41, 5.74) is 7.17. The summed E-state index contributed by atoms with van der Waals surface area (Å²) in [4.78, 5) is 0. The fourth-order valence-corrected chi connectivity index (χ4v) is 1.49. The van der Waals surface area contributed by atoms with Gasteiger partial charge >= 0.3 is 0 Å². The second kappa shape index (κ2) is 6.54. The van der Waals surface area contributed by atoms with E-state index in [4.69, 9.17) is 10.5 Å². The molecular formula is C14H23NO. The van der Waals surface area contributed by atoms with E-state index >= 15 is 0 Å². The first-order valence-electron chi connectivity index (χ1n) is 6.16. The van der Waals surface area contributed by atoms with Crippen LogP contribution in [-0.2, 0) is 0 Å². The SMILES string of the molecule is CCC(C)COc1ccccc1C(N)CC. The maximum Gasteiger partial charge on any atom is 0.124 e. The highest BCUT2D eigenvalue weighted by atomic mass is 16.5. The zero-order chi connectivity index (χ0) is 12.0. The lowest BCUT2D eigenvalue weighted by atomic mass is 10.0. The normalized spacial score (nSPS) is 14.5. The first-order valence-corrected chi connectivity index (χ1v) is 6.16. The van der Waals surface area contributed by atoms with Crippen molar-refractivity contribution in [3.8, 4) is 5.75 Å². The van der Waals surface area contributed by atoms with Gasteiger partial charge in [-0.1, -0.05) is 45.4 Å². The third kappa shape index (κ3) is 3.53. The van der Waals surface area contributed by atoms with Gasteiger partial charge in [0.25, 0.3) is 0 Å². The molecule has 2 N–H and O–H groups in total. The largest absolute Gasteiger partial charge is 0.493 e. The van der Waals surface area contributed by atoms with Crippen LogP contribution in [0, 0.1) is 5.92 Å². The first kappa shape index (κ1) is 13.0. The molecule has 1 aromatic carbocycles. The molecule has 1 aromatic rings. The molecule has 0 aliphatic carbocycles. The van der Waals surface area contributed by atoms with E-state index in [0.717, 1.165) is 30.8 Å². The van der Waals surface area contributed by atoms with Gasteiger partial charge in [-0.05, 0) is 18.4 Å². The molecule has 2 unspecified atom stereocenters. The van der Waals surface area contributed by atoms with Crippen LogP contribution in [0.4, 0.5) is 0 Å². The first-order chi connectivity index (χ1) is 7.69. The van der Waals surface area contributed by atoms with Crippen molar-refractivity contribution in [2.24, 2.45) is 11.7 Å². The molecule has 0 aromatic heterocycles. The van der Waals surface area contributed by atoms with Gasteiger partial charge in [-0.15, -0.1) is 0 Å².